The molecule has 0 bridgehead atoms. The predicted molar refractivity (Wildman–Crippen MR) is 95.7 cm³/mol. The topological polar surface area (TPSA) is 104 Å². The number of nitrogens with one attached hydrogen (secondary N) is 2. The van der Waals surface area contributed by atoms with Crippen LogP contribution in [0.4, 0.5) is 5.69 Å². The van der Waals surface area contributed by atoms with E-state index in [1.165, 1.54) is 0 Å². The van der Waals surface area contributed by atoms with Crippen LogP contribution in [0.2, 0.25) is 0 Å². The molecular formula is C19H17N3O4. The van der Waals surface area contributed by atoms with Crippen LogP contribution in [0.5, 0.6) is 0 Å². The highest BCUT2D eigenvalue weighted by atomic mass is 16.5. The average Bonchev–Trinajstić information content (AvgIpc) is 3.14. The number of hydrogen-bond acceptors (Lipinski definition) is 5. The summed E-state index contributed by atoms with van der Waals surface area (Å²) in [5.74, 6) is -0.750. The Morgan fingerprint density at radius 1 is 1.04 bits per heavy atom. The van der Waals surface area contributed by atoms with Crippen molar-refractivity contribution in [2.24, 2.45) is 0 Å². The smallest absolute Gasteiger partial charge is 0.317 e. The second-order valence-electron chi connectivity index (χ2n) is 5.59. The Morgan fingerprint density at radius 2 is 1.77 bits per heavy atom. The van der Waals surface area contributed by atoms with Gasteiger partial charge in [-0.15, -0.1) is 0 Å². The van der Waals surface area contributed by atoms with Crippen molar-refractivity contribution in [2.75, 3.05) is 11.9 Å². The van der Waals surface area contributed by atoms with Crippen LogP contribution < -0.4 is 10.6 Å². The summed E-state index contributed by atoms with van der Waals surface area (Å²) in [4.78, 5) is 22.7. The van der Waals surface area contributed by atoms with Gasteiger partial charge in [0, 0.05) is 23.9 Å². The third-order valence-corrected chi connectivity index (χ3v) is 3.62. The van der Waals surface area contributed by atoms with Gasteiger partial charge in [0.05, 0.1) is 6.54 Å². The zero-order valence-electron chi connectivity index (χ0n) is 13.8. The molecule has 3 rings (SSSR count). The zero-order chi connectivity index (χ0) is 18.4. The minimum absolute atomic E-state index is 0.103. The number of rotatable bonds is 7. The molecule has 0 saturated heterocycles. The van der Waals surface area contributed by atoms with Gasteiger partial charge >= 0.3 is 5.97 Å². The van der Waals surface area contributed by atoms with Crippen molar-refractivity contribution < 1.29 is 19.2 Å². The van der Waals surface area contributed by atoms with Crippen molar-refractivity contribution in [1.82, 2.24) is 10.5 Å². The van der Waals surface area contributed by atoms with Gasteiger partial charge in [-0.05, 0) is 17.7 Å². The van der Waals surface area contributed by atoms with Crippen LogP contribution in [0, 0.1) is 0 Å². The number of carboxylic acid groups (broad SMARTS) is 1. The van der Waals surface area contributed by atoms with E-state index in [0.717, 1.165) is 11.1 Å². The highest BCUT2D eigenvalue weighted by Gasteiger charge is 2.13. The van der Waals surface area contributed by atoms with Crippen molar-refractivity contribution in [3.63, 3.8) is 0 Å². The minimum Gasteiger partial charge on any atom is -0.480 e. The fourth-order valence-electron chi connectivity index (χ4n) is 2.34. The predicted octanol–water partition coefficient (Wildman–Crippen LogP) is 2.77. The lowest BCUT2D eigenvalue weighted by Crippen LogP contribution is -2.21. The van der Waals surface area contributed by atoms with Crippen LogP contribution in [0.1, 0.15) is 16.1 Å². The summed E-state index contributed by atoms with van der Waals surface area (Å²) < 4.78 is 5.23. The molecule has 0 fully saturated rings. The molecule has 0 unspecified atom stereocenters. The minimum atomic E-state index is -0.906. The van der Waals surface area contributed by atoms with E-state index in [1.54, 1.807) is 18.2 Å². The zero-order valence-corrected chi connectivity index (χ0v) is 13.8. The molecule has 132 valence electrons. The first-order valence-electron chi connectivity index (χ1n) is 7.97. The van der Waals surface area contributed by atoms with Crippen LogP contribution >= 0.6 is 0 Å². The van der Waals surface area contributed by atoms with Crippen molar-refractivity contribution in [3.05, 3.63) is 71.9 Å². The van der Waals surface area contributed by atoms with Crippen LogP contribution in [-0.4, -0.2) is 28.7 Å². The lowest BCUT2D eigenvalue weighted by atomic mass is 10.1. The van der Waals surface area contributed by atoms with Gasteiger partial charge in [-0.2, -0.15) is 0 Å². The van der Waals surface area contributed by atoms with Crippen LogP contribution in [0.25, 0.3) is 11.3 Å². The van der Waals surface area contributed by atoms with Gasteiger partial charge in [0.15, 0.2) is 11.5 Å². The maximum atomic E-state index is 12.3. The normalized spacial score (nSPS) is 10.5. The quantitative estimate of drug-likeness (QED) is 0.605. The summed E-state index contributed by atoms with van der Waals surface area (Å²) in [7, 11) is 0. The highest BCUT2D eigenvalue weighted by molar-refractivity contribution is 6.03. The second-order valence-corrected chi connectivity index (χ2v) is 5.59. The largest absolute Gasteiger partial charge is 0.480 e. The van der Waals surface area contributed by atoms with E-state index < -0.39 is 5.97 Å². The molecule has 3 aromatic rings. The van der Waals surface area contributed by atoms with Crippen molar-refractivity contribution in [3.8, 4) is 11.3 Å². The molecule has 3 N–H and O–H groups in total. The van der Waals surface area contributed by atoms with E-state index in [9.17, 15) is 9.59 Å². The average molecular weight is 351 g/mol. The van der Waals surface area contributed by atoms with E-state index in [-0.39, 0.29) is 18.1 Å². The Hall–Kier alpha value is -3.45. The molecule has 1 aromatic heterocycles. The number of carbonyl (C=O) groups is 2. The molecule has 0 atom stereocenters. The van der Waals surface area contributed by atoms with E-state index >= 15 is 0 Å². The molecule has 7 nitrogen and oxygen atoms in total. The summed E-state index contributed by atoms with van der Waals surface area (Å²) in [6, 6.07) is 18.1. The standard InChI is InChI=1S/C19H17N3O4/c23-18(24)12-20-11-13-6-8-15(9-7-13)21-19(25)16-10-17(26-22-16)14-4-2-1-3-5-14/h1-10,20H,11-12H2,(H,21,25)(H,23,24). The summed E-state index contributed by atoms with van der Waals surface area (Å²) in [5, 5.41) is 17.9. The lowest BCUT2D eigenvalue weighted by Gasteiger charge is -2.05. The van der Waals surface area contributed by atoms with Gasteiger partial charge in [-0.3, -0.25) is 9.59 Å². The Kier molecular flexibility index (Phi) is 5.40. The summed E-state index contributed by atoms with van der Waals surface area (Å²) >= 11 is 0. The molecule has 26 heavy (non-hydrogen) atoms. The SMILES string of the molecule is O=C(O)CNCc1ccc(NC(=O)c2cc(-c3ccccc3)on2)cc1. The summed E-state index contributed by atoms with van der Waals surface area (Å²) in [6.45, 7) is 0.332. The van der Waals surface area contributed by atoms with Crippen LogP contribution in [0.3, 0.4) is 0 Å². The lowest BCUT2D eigenvalue weighted by molar-refractivity contribution is -0.136. The molecule has 1 heterocycles. The molecule has 0 saturated carbocycles. The maximum absolute atomic E-state index is 12.3. The van der Waals surface area contributed by atoms with E-state index in [2.05, 4.69) is 15.8 Å². The number of carbonyl (C=O) groups excluding carboxylic acids is 1. The first kappa shape index (κ1) is 17.4. The Balaban J connectivity index is 1.60. The highest BCUT2D eigenvalue weighted by Crippen LogP contribution is 2.20. The fourth-order valence-corrected chi connectivity index (χ4v) is 2.34. The Labute approximate surface area is 149 Å². The molecule has 0 aliphatic heterocycles. The van der Waals surface area contributed by atoms with E-state index in [0.29, 0.717) is 18.0 Å². The number of aromatic nitrogens is 1. The maximum Gasteiger partial charge on any atom is 0.317 e. The molecule has 7 heteroatoms. The van der Waals surface area contributed by atoms with Crippen molar-refractivity contribution in [1.29, 1.82) is 0 Å². The summed E-state index contributed by atoms with van der Waals surface area (Å²) in [5.41, 5.74) is 2.56. The number of amides is 1. The summed E-state index contributed by atoms with van der Waals surface area (Å²) in [6.07, 6.45) is 0. The molecule has 0 aliphatic rings. The third kappa shape index (κ3) is 4.55. The van der Waals surface area contributed by atoms with E-state index in [1.807, 2.05) is 42.5 Å². The van der Waals surface area contributed by atoms with Gasteiger partial charge in [-0.25, -0.2) is 0 Å². The first-order valence-corrected chi connectivity index (χ1v) is 7.97. The third-order valence-electron chi connectivity index (χ3n) is 3.62. The number of aliphatic carboxylic acids is 1. The van der Waals surface area contributed by atoms with Gasteiger partial charge in [0.25, 0.3) is 5.91 Å². The molecule has 2 aromatic carbocycles. The van der Waals surface area contributed by atoms with Crippen molar-refractivity contribution >= 4 is 17.6 Å². The molecular weight excluding hydrogens is 334 g/mol. The monoisotopic (exact) mass is 351 g/mol. The van der Waals surface area contributed by atoms with Gasteiger partial charge in [-0.1, -0.05) is 47.6 Å². The number of nitrogens with zero attached hydrogens (tertiary/aromatic N) is 1. The molecule has 0 spiro atoms. The number of anilines is 1. The van der Waals surface area contributed by atoms with Gasteiger partial charge < -0.3 is 20.3 Å². The Bertz CT molecular complexity index is 889. The van der Waals surface area contributed by atoms with Gasteiger partial charge in [0.2, 0.25) is 0 Å². The number of hydrogen-bond donors (Lipinski definition) is 3. The first-order chi connectivity index (χ1) is 12.6. The number of carboxylic acids is 1. The van der Waals surface area contributed by atoms with Crippen LogP contribution in [0.15, 0.2) is 65.2 Å². The molecule has 0 radical (unpaired) electrons. The molecule has 0 aliphatic carbocycles. The Morgan fingerprint density at radius 3 is 2.46 bits per heavy atom. The van der Waals surface area contributed by atoms with E-state index in [4.69, 9.17) is 9.63 Å². The van der Waals surface area contributed by atoms with Gasteiger partial charge in [0.1, 0.15) is 0 Å². The number of benzene rings is 2. The van der Waals surface area contributed by atoms with Crippen molar-refractivity contribution in [2.45, 2.75) is 6.54 Å². The molecule has 1 amide bonds. The van der Waals surface area contributed by atoms with Crippen LogP contribution in [-0.2, 0) is 11.3 Å². The fraction of sp³-hybridized carbons (Fsp3) is 0.105. The second kappa shape index (κ2) is 8.09.